The summed E-state index contributed by atoms with van der Waals surface area (Å²) < 4.78 is 27.8. The molecule has 0 aromatic heterocycles. The number of hydrogen-bond acceptors (Lipinski definition) is 4. The van der Waals surface area contributed by atoms with Crippen molar-refractivity contribution in [2.45, 2.75) is 19.1 Å². The number of ether oxygens (including phenoxy) is 1. The fraction of sp³-hybridized carbons (Fsp3) is 1.00. The molecule has 0 aliphatic carbocycles. The van der Waals surface area contributed by atoms with Crippen LogP contribution in [0, 0.1) is 5.92 Å². The Morgan fingerprint density at radius 2 is 1.86 bits per heavy atom. The van der Waals surface area contributed by atoms with Crippen molar-refractivity contribution >= 4 is 22.2 Å². The molecule has 2 aliphatic rings. The number of sulfone groups is 1. The highest BCUT2D eigenvalue weighted by molar-refractivity contribution is 7.91. The maximum atomic E-state index is 11.1. The standard InChI is InChI=1S/C8H15NO3S.ClH/c10-13(11)5-1-7(2-6-13)8-9-3-4-12-8;/h7-9H,1-6H2;1H. The first-order valence-electron chi connectivity index (χ1n) is 4.73. The minimum Gasteiger partial charge on any atom is -0.362 e. The summed E-state index contributed by atoms with van der Waals surface area (Å²) in [5.41, 5.74) is 0. The second-order valence-corrected chi connectivity index (χ2v) is 6.04. The van der Waals surface area contributed by atoms with Crippen LogP contribution in [0.3, 0.4) is 0 Å². The van der Waals surface area contributed by atoms with Crippen LogP contribution < -0.4 is 5.32 Å². The lowest BCUT2D eigenvalue weighted by Crippen LogP contribution is -2.37. The molecule has 0 aromatic rings. The van der Waals surface area contributed by atoms with Gasteiger partial charge in [-0.2, -0.15) is 0 Å². The summed E-state index contributed by atoms with van der Waals surface area (Å²) in [5.74, 6) is 1.06. The molecule has 84 valence electrons. The Kier molecular flexibility index (Phi) is 4.18. The molecule has 2 saturated heterocycles. The van der Waals surface area contributed by atoms with Gasteiger partial charge in [0, 0.05) is 12.5 Å². The van der Waals surface area contributed by atoms with Gasteiger partial charge in [-0.25, -0.2) is 8.42 Å². The van der Waals surface area contributed by atoms with E-state index in [1.807, 2.05) is 0 Å². The van der Waals surface area contributed by atoms with Crippen molar-refractivity contribution in [2.75, 3.05) is 24.7 Å². The van der Waals surface area contributed by atoms with Crippen molar-refractivity contribution in [3.05, 3.63) is 0 Å². The second kappa shape index (κ2) is 4.79. The molecule has 1 unspecified atom stereocenters. The van der Waals surface area contributed by atoms with Gasteiger partial charge in [-0.3, -0.25) is 5.32 Å². The third-order valence-corrected chi connectivity index (χ3v) is 4.49. The highest BCUT2D eigenvalue weighted by atomic mass is 35.5. The summed E-state index contributed by atoms with van der Waals surface area (Å²) >= 11 is 0. The van der Waals surface area contributed by atoms with Gasteiger partial charge in [-0.15, -0.1) is 12.4 Å². The van der Waals surface area contributed by atoms with Gasteiger partial charge in [-0.05, 0) is 12.8 Å². The molecular formula is C8H16ClNO3S. The SMILES string of the molecule is Cl.O=S1(=O)CCC(C2NCCO2)CC1. The van der Waals surface area contributed by atoms with Gasteiger partial charge in [0.15, 0.2) is 0 Å². The molecule has 6 heteroatoms. The summed E-state index contributed by atoms with van der Waals surface area (Å²) in [6.45, 7) is 1.65. The van der Waals surface area contributed by atoms with E-state index in [0.717, 1.165) is 26.0 Å². The lowest BCUT2D eigenvalue weighted by atomic mass is 10.0. The molecule has 2 heterocycles. The van der Waals surface area contributed by atoms with Crippen LogP contribution in [0.2, 0.25) is 0 Å². The lowest BCUT2D eigenvalue weighted by molar-refractivity contribution is 0.0481. The number of hydrogen-bond donors (Lipinski definition) is 1. The molecule has 0 spiro atoms. The minimum atomic E-state index is -2.73. The smallest absolute Gasteiger partial charge is 0.150 e. The van der Waals surface area contributed by atoms with Crippen LogP contribution in [-0.4, -0.2) is 39.3 Å². The summed E-state index contributed by atoms with van der Waals surface area (Å²) in [5, 5.41) is 3.24. The van der Waals surface area contributed by atoms with Crippen molar-refractivity contribution in [2.24, 2.45) is 5.92 Å². The zero-order valence-corrected chi connectivity index (χ0v) is 9.57. The van der Waals surface area contributed by atoms with Gasteiger partial charge < -0.3 is 4.74 Å². The first-order chi connectivity index (χ1) is 6.17. The largest absolute Gasteiger partial charge is 0.362 e. The van der Waals surface area contributed by atoms with Gasteiger partial charge in [0.25, 0.3) is 0 Å². The highest BCUT2D eigenvalue weighted by Crippen LogP contribution is 2.23. The fourth-order valence-electron chi connectivity index (χ4n) is 1.96. The van der Waals surface area contributed by atoms with Crippen LogP contribution >= 0.6 is 12.4 Å². The van der Waals surface area contributed by atoms with E-state index in [-0.39, 0.29) is 18.6 Å². The second-order valence-electron chi connectivity index (χ2n) is 3.73. The van der Waals surface area contributed by atoms with Crippen LogP contribution in [0.1, 0.15) is 12.8 Å². The molecule has 2 fully saturated rings. The van der Waals surface area contributed by atoms with Crippen molar-refractivity contribution < 1.29 is 13.2 Å². The van der Waals surface area contributed by atoms with Crippen molar-refractivity contribution in [3.63, 3.8) is 0 Å². The van der Waals surface area contributed by atoms with E-state index in [1.54, 1.807) is 0 Å². The molecule has 0 amide bonds. The molecule has 4 nitrogen and oxygen atoms in total. The average Bonchev–Trinajstić information content (AvgIpc) is 2.56. The quantitative estimate of drug-likeness (QED) is 0.712. The van der Waals surface area contributed by atoms with E-state index in [2.05, 4.69) is 5.32 Å². The van der Waals surface area contributed by atoms with Gasteiger partial charge in [0.1, 0.15) is 16.1 Å². The first-order valence-corrected chi connectivity index (χ1v) is 6.55. The summed E-state index contributed by atoms with van der Waals surface area (Å²) in [6.07, 6.45) is 1.61. The predicted octanol–water partition coefficient (Wildman–Crippen LogP) is 0.179. The molecular weight excluding hydrogens is 226 g/mol. The fourth-order valence-corrected chi connectivity index (χ4v) is 3.49. The summed E-state index contributed by atoms with van der Waals surface area (Å²) in [7, 11) is -2.73. The van der Waals surface area contributed by atoms with Crippen LogP contribution in [0.25, 0.3) is 0 Å². The zero-order valence-electron chi connectivity index (χ0n) is 7.94. The normalized spacial score (nSPS) is 32.4. The maximum absolute atomic E-state index is 11.1. The van der Waals surface area contributed by atoms with Crippen LogP contribution in [-0.2, 0) is 14.6 Å². The van der Waals surface area contributed by atoms with Crippen molar-refractivity contribution in [1.82, 2.24) is 5.32 Å². The Morgan fingerprint density at radius 1 is 1.21 bits per heavy atom. The van der Waals surface area contributed by atoms with Gasteiger partial charge >= 0.3 is 0 Å². The van der Waals surface area contributed by atoms with E-state index in [0.29, 0.717) is 17.4 Å². The molecule has 1 atom stereocenters. The molecule has 14 heavy (non-hydrogen) atoms. The van der Waals surface area contributed by atoms with Crippen LogP contribution in [0.15, 0.2) is 0 Å². The number of rotatable bonds is 1. The first kappa shape index (κ1) is 12.2. The molecule has 0 saturated carbocycles. The lowest BCUT2D eigenvalue weighted by Gasteiger charge is -2.26. The van der Waals surface area contributed by atoms with Crippen molar-refractivity contribution in [1.29, 1.82) is 0 Å². The third-order valence-electron chi connectivity index (χ3n) is 2.77. The monoisotopic (exact) mass is 241 g/mol. The van der Waals surface area contributed by atoms with Gasteiger partial charge in [-0.1, -0.05) is 0 Å². The van der Waals surface area contributed by atoms with Crippen LogP contribution in [0.5, 0.6) is 0 Å². The topological polar surface area (TPSA) is 55.4 Å². The summed E-state index contributed by atoms with van der Waals surface area (Å²) in [4.78, 5) is 0. The van der Waals surface area contributed by atoms with E-state index in [4.69, 9.17) is 4.74 Å². The number of halogens is 1. The molecule has 2 aliphatic heterocycles. The third kappa shape index (κ3) is 2.82. The molecule has 0 radical (unpaired) electrons. The van der Waals surface area contributed by atoms with Crippen molar-refractivity contribution in [3.8, 4) is 0 Å². The predicted molar refractivity (Wildman–Crippen MR) is 56.4 cm³/mol. The zero-order chi connectivity index (χ0) is 9.31. The minimum absolute atomic E-state index is 0. The average molecular weight is 242 g/mol. The Bertz CT molecular complexity index is 260. The molecule has 0 aromatic carbocycles. The molecule has 2 rings (SSSR count). The van der Waals surface area contributed by atoms with Crippen LogP contribution in [0.4, 0.5) is 0 Å². The molecule has 0 bridgehead atoms. The van der Waals surface area contributed by atoms with E-state index in [1.165, 1.54) is 0 Å². The van der Waals surface area contributed by atoms with E-state index in [9.17, 15) is 8.42 Å². The number of nitrogens with one attached hydrogen (secondary N) is 1. The highest BCUT2D eigenvalue weighted by Gasteiger charge is 2.31. The Morgan fingerprint density at radius 3 is 2.36 bits per heavy atom. The Balaban J connectivity index is 0.000000980. The molecule has 1 N–H and O–H groups in total. The van der Waals surface area contributed by atoms with E-state index >= 15 is 0 Å². The Labute approximate surface area is 90.7 Å². The Hall–Kier alpha value is 0.160. The maximum Gasteiger partial charge on any atom is 0.150 e. The van der Waals surface area contributed by atoms with Gasteiger partial charge in [0.05, 0.1) is 18.1 Å². The summed E-state index contributed by atoms with van der Waals surface area (Å²) in [6, 6.07) is 0. The van der Waals surface area contributed by atoms with E-state index < -0.39 is 9.84 Å². The van der Waals surface area contributed by atoms with Gasteiger partial charge in [0.2, 0.25) is 0 Å².